The summed E-state index contributed by atoms with van der Waals surface area (Å²) in [6.45, 7) is 0. The lowest BCUT2D eigenvalue weighted by molar-refractivity contribution is -0.115. The van der Waals surface area contributed by atoms with Gasteiger partial charge in [0.15, 0.2) is 0 Å². The number of carbonyl (C=O) groups excluding carboxylic acids is 1. The van der Waals surface area contributed by atoms with Gasteiger partial charge in [0.2, 0.25) is 5.91 Å². The van der Waals surface area contributed by atoms with Crippen LogP contribution in [0.1, 0.15) is 5.69 Å². The van der Waals surface area contributed by atoms with Crippen molar-refractivity contribution < 1.29 is 13.6 Å². The molecule has 0 aliphatic heterocycles. The number of halogens is 3. The van der Waals surface area contributed by atoms with Crippen molar-refractivity contribution >= 4 is 46.3 Å². The zero-order valence-electron chi connectivity index (χ0n) is 13.3. The first-order chi connectivity index (χ1) is 12.5. The SMILES string of the molecule is O=C(Cc1csc(-c2ccccc2Cl)n1)Nc1ccccc1SC(F)F. The highest BCUT2D eigenvalue weighted by atomic mass is 35.5. The van der Waals surface area contributed by atoms with Crippen LogP contribution in [-0.2, 0) is 11.2 Å². The summed E-state index contributed by atoms with van der Waals surface area (Å²) in [6, 6.07) is 13.8. The van der Waals surface area contributed by atoms with E-state index in [1.807, 2.05) is 18.2 Å². The molecule has 0 radical (unpaired) electrons. The maximum absolute atomic E-state index is 12.6. The molecule has 1 N–H and O–H groups in total. The molecule has 0 aliphatic rings. The van der Waals surface area contributed by atoms with Crippen LogP contribution in [0.15, 0.2) is 58.8 Å². The molecule has 0 aliphatic carbocycles. The molecule has 0 fully saturated rings. The van der Waals surface area contributed by atoms with E-state index in [1.165, 1.54) is 11.3 Å². The minimum absolute atomic E-state index is 0.0502. The van der Waals surface area contributed by atoms with Crippen molar-refractivity contribution in [2.75, 3.05) is 5.32 Å². The summed E-state index contributed by atoms with van der Waals surface area (Å²) in [4.78, 5) is 17.0. The molecule has 2 aromatic carbocycles. The summed E-state index contributed by atoms with van der Waals surface area (Å²) >= 11 is 7.96. The van der Waals surface area contributed by atoms with Gasteiger partial charge < -0.3 is 5.32 Å². The summed E-state index contributed by atoms with van der Waals surface area (Å²) in [5, 5.41) is 5.78. The topological polar surface area (TPSA) is 42.0 Å². The number of nitrogens with one attached hydrogen (secondary N) is 1. The lowest BCUT2D eigenvalue weighted by atomic mass is 10.2. The summed E-state index contributed by atoms with van der Waals surface area (Å²) in [7, 11) is 0. The first-order valence-corrected chi connectivity index (χ1v) is 9.69. The predicted octanol–water partition coefficient (Wildman–Crippen LogP) is 5.96. The number of benzene rings is 2. The van der Waals surface area contributed by atoms with E-state index in [9.17, 15) is 13.6 Å². The molecule has 3 nitrogen and oxygen atoms in total. The lowest BCUT2D eigenvalue weighted by Gasteiger charge is -2.09. The Morgan fingerprint density at radius 2 is 1.92 bits per heavy atom. The number of amides is 1. The zero-order chi connectivity index (χ0) is 18.5. The van der Waals surface area contributed by atoms with E-state index in [-0.39, 0.29) is 12.3 Å². The van der Waals surface area contributed by atoms with Crippen LogP contribution in [-0.4, -0.2) is 16.6 Å². The van der Waals surface area contributed by atoms with Crippen molar-refractivity contribution in [3.05, 3.63) is 64.6 Å². The second-order valence-electron chi connectivity index (χ2n) is 5.22. The number of thiazole rings is 1. The summed E-state index contributed by atoms with van der Waals surface area (Å²) < 4.78 is 25.2. The van der Waals surface area contributed by atoms with Gasteiger partial charge in [0.05, 0.1) is 22.8 Å². The molecule has 3 rings (SSSR count). The van der Waals surface area contributed by atoms with E-state index >= 15 is 0 Å². The Kier molecular flexibility index (Phi) is 6.24. The molecule has 134 valence electrons. The van der Waals surface area contributed by atoms with Crippen molar-refractivity contribution in [1.82, 2.24) is 4.98 Å². The van der Waals surface area contributed by atoms with E-state index in [4.69, 9.17) is 11.6 Å². The monoisotopic (exact) mass is 410 g/mol. The van der Waals surface area contributed by atoms with Gasteiger partial charge in [-0.1, -0.05) is 53.7 Å². The van der Waals surface area contributed by atoms with Crippen molar-refractivity contribution in [2.24, 2.45) is 0 Å². The summed E-state index contributed by atoms with van der Waals surface area (Å²) in [6.07, 6.45) is 0.0502. The average Bonchev–Trinajstić information content (AvgIpc) is 3.04. The minimum atomic E-state index is -2.55. The molecule has 0 spiro atoms. The van der Waals surface area contributed by atoms with Gasteiger partial charge in [-0.15, -0.1) is 11.3 Å². The van der Waals surface area contributed by atoms with Gasteiger partial charge in [0, 0.05) is 15.8 Å². The highest BCUT2D eigenvalue weighted by Crippen LogP contribution is 2.32. The number of aromatic nitrogens is 1. The van der Waals surface area contributed by atoms with Crippen LogP contribution in [0.2, 0.25) is 5.02 Å². The molecule has 1 amide bonds. The third-order valence-electron chi connectivity index (χ3n) is 3.37. The maximum Gasteiger partial charge on any atom is 0.288 e. The van der Waals surface area contributed by atoms with Gasteiger partial charge in [-0.25, -0.2) is 4.98 Å². The molecule has 1 aromatic heterocycles. The Labute approximate surface area is 162 Å². The normalized spacial score (nSPS) is 10.9. The van der Waals surface area contributed by atoms with Crippen LogP contribution >= 0.6 is 34.7 Å². The van der Waals surface area contributed by atoms with Crippen molar-refractivity contribution in [3.63, 3.8) is 0 Å². The summed E-state index contributed by atoms with van der Waals surface area (Å²) in [5.74, 6) is -2.87. The zero-order valence-corrected chi connectivity index (χ0v) is 15.7. The second kappa shape index (κ2) is 8.62. The molecule has 1 heterocycles. The Hall–Kier alpha value is -1.96. The fourth-order valence-electron chi connectivity index (χ4n) is 2.27. The number of nitrogens with zero attached hydrogens (tertiary/aromatic N) is 1. The van der Waals surface area contributed by atoms with Gasteiger partial charge in [-0.2, -0.15) is 8.78 Å². The lowest BCUT2D eigenvalue weighted by Crippen LogP contribution is -2.15. The van der Waals surface area contributed by atoms with Gasteiger partial charge in [0.1, 0.15) is 5.01 Å². The second-order valence-corrected chi connectivity index (χ2v) is 7.52. The number of hydrogen-bond acceptors (Lipinski definition) is 4. The first-order valence-electron chi connectivity index (χ1n) is 7.56. The first kappa shape index (κ1) is 18.8. The van der Waals surface area contributed by atoms with E-state index < -0.39 is 5.76 Å². The van der Waals surface area contributed by atoms with Crippen LogP contribution in [0.4, 0.5) is 14.5 Å². The van der Waals surface area contributed by atoms with Gasteiger partial charge in [0.25, 0.3) is 5.76 Å². The molecule has 0 saturated heterocycles. The van der Waals surface area contributed by atoms with Crippen LogP contribution < -0.4 is 5.32 Å². The molecule has 0 saturated carbocycles. The largest absolute Gasteiger partial charge is 0.325 e. The van der Waals surface area contributed by atoms with E-state index in [1.54, 1.807) is 35.7 Å². The Morgan fingerprint density at radius 1 is 1.19 bits per heavy atom. The number of hydrogen-bond donors (Lipinski definition) is 1. The fraction of sp³-hybridized carbons (Fsp3) is 0.111. The van der Waals surface area contributed by atoms with Crippen molar-refractivity contribution in [2.45, 2.75) is 17.1 Å². The Morgan fingerprint density at radius 3 is 2.69 bits per heavy atom. The molecule has 26 heavy (non-hydrogen) atoms. The third-order valence-corrected chi connectivity index (χ3v) is 5.42. The number of para-hydroxylation sites is 1. The molecule has 3 aromatic rings. The molecule has 0 unspecified atom stereocenters. The number of rotatable bonds is 6. The van der Waals surface area contributed by atoms with Crippen LogP contribution in [0.25, 0.3) is 10.6 Å². The van der Waals surface area contributed by atoms with E-state index in [0.717, 1.165) is 10.6 Å². The highest BCUT2D eigenvalue weighted by Gasteiger charge is 2.14. The van der Waals surface area contributed by atoms with Crippen LogP contribution in [0.3, 0.4) is 0 Å². The maximum atomic E-state index is 12.6. The highest BCUT2D eigenvalue weighted by molar-refractivity contribution is 7.99. The van der Waals surface area contributed by atoms with Crippen molar-refractivity contribution in [1.29, 1.82) is 0 Å². The average molecular weight is 411 g/mol. The van der Waals surface area contributed by atoms with Gasteiger partial charge >= 0.3 is 0 Å². The quantitative estimate of drug-likeness (QED) is 0.510. The Bertz CT molecular complexity index is 917. The predicted molar refractivity (Wildman–Crippen MR) is 103 cm³/mol. The van der Waals surface area contributed by atoms with E-state index in [2.05, 4.69) is 10.3 Å². The van der Waals surface area contributed by atoms with Gasteiger partial charge in [-0.05, 0) is 18.2 Å². The summed E-state index contributed by atoms with van der Waals surface area (Å²) in [5.41, 5.74) is 1.77. The molecule has 0 atom stereocenters. The van der Waals surface area contributed by atoms with Gasteiger partial charge in [-0.3, -0.25) is 4.79 Å². The molecule has 0 bridgehead atoms. The number of carbonyl (C=O) groups is 1. The standard InChI is InChI=1S/C18H13ClF2N2OS2/c19-13-6-2-1-5-12(13)17-22-11(10-25-17)9-16(24)23-14-7-3-4-8-15(14)26-18(20)21/h1-8,10,18H,9H2,(H,23,24). The number of thioether (sulfide) groups is 1. The minimum Gasteiger partial charge on any atom is -0.325 e. The Balaban J connectivity index is 1.69. The van der Waals surface area contributed by atoms with Crippen molar-refractivity contribution in [3.8, 4) is 10.6 Å². The fourth-order valence-corrected chi connectivity index (χ4v) is 4.01. The molecule has 8 heteroatoms. The molecular weight excluding hydrogens is 398 g/mol. The smallest absolute Gasteiger partial charge is 0.288 e. The van der Waals surface area contributed by atoms with Crippen LogP contribution in [0.5, 0.6) is 0 Å². The van der Waals surface area contributed by atoms with E-state index in [0.29, 0.717) is 33.1 Å². The number of alkyl halides is 2. The van der Waals surface area contributed by atoms with Crippen LogP contribution in [0, 0.1) is 0 Å². The molecular formula is C18H13ClF2N2OS2. The number of anilines is 1. The third kappa shape index (κ3) is 4.81.